The van der Waals surface area contributed by atoms with Gasteiger partial charge in [0.05, 0.1) is 6.10 Å². The SMILES string of the molecule is COC1CCCCCCCCCCCC(=O)C(O)C1. The number of ether oxygens (including phenoxy) is 1. The molecule has 0 amide bonds. The molecule has 0 spiro atoms. The van der Waals surface area contributed by atoms with Crippen molar-refractivity contribution in [2.45, 2.75) is 89.3 Å². The maximum Gasteiger partial charge on any atom is 0.161 e. The number of ketones is 1. The van der Waals surface area contributed by atoms with Crippen LogP contribution in [0.25, 0.3) is 0 Å². The van der Waals surface area contributed by atoms with Crippen LogP contribution < -0.4 is 0 Å². The molecule has 1 N–H and O–H groups in total. The van der Waals surface area contributed by atoms with Gasteiger partial charge in [-0.1, -0.05) is 51.4 Å². The van der Waals surface area contributed by atoms with Crippen LogP contribution in [0.1, 0.15) is 77.0 Å². The van der Waals surface area contributed by atoms with Gasteiger partial charge in [0.1, 0.15) is 6.10 Å². The van der Waals surface area contributed by atoms with Crippen molar-refractivity contribution in [3.63, 3.8) is 0 Å². The molecule has 2 atom stereocenters. The molecule has 1 fully saturated rings. The molecule has 0 aliphatic heterocycles. The van der Waals surface area contributed by atoms with Gasteiger partial charge in [-0.2, -0.15) is 0 Å². The first-order valence-electron chi connectivity index (χ1n) is 7.97. The first-order valence-corrected chi connectivity index (χ1v) is 7.97. The second kappa shape index (κ2) is 10.4. The highest BCUT2D eigenvalue weighted by atomic mass is 16.5. The zero-order valence-corrected chi connectivity index (χ0v) is 12.4. The maximum atomic E-state index is 11.8. The van der Waals surface area contributed by atoms with E-state index in [0.717, 1.165) is 25.7 Å². The Hall–Kier alpha value is -0.410. The lowest BCUT2D eigenvalue weighted by molar-refractivity contribution is -0.129. The number of Topliss-reactive ketones (excluding diaryl/α,β-unsaturated/α-hetero) is 1. The molecular formula is C16H30O3. The Bertz CT molecular complexity index is 240. The molecule has 0 radical (unpaired) electrons. The number of aliphatic hydroxyl groups excluding tert-OH is 1. The van der Waals surface area contributed by atoms with Crippen molar-refractivity contribution < 1.29 is 14.6 Å². The number of carbonyl (C=O) groups is 1. The van der Waals surface area contributed by atoms with Gasteiger partial charge in [-0.05, 0) is 12.8 Å². The van der Waals surface area contributed by atoms with E-state index in [9.17, 15) is 9.90 Å². The van der Waals surface area contributed by atoms with E-state index in [1.165, 1.54) is 38.5 Å². The zero-order valence-electron chi connectivity index (χ0n) is 12.4. The lowest BCUT2D eigenvalue weighted by Gasteiger charge is -2.18. The Morgan fingerprint density at radius 3 is 2.05 bits per heavy atom. The minimum Gasteiger partial charge on any atom is -0.385 e. The highest BCUT2D eigenvalue weighted by molar-refractivity contribution is 5.82. The van der Waals surface area contributed by atoms with Crippen molar-refractivity contribution in [2.75, 3.05) is 7.11 Å². The Kier molecular flexibility index (Phi) is 9.10. The molecule has 0 aromatic carbocycles. The van der Waals surface area contributed by atoms with Crippen LogP contribution in [0.15, 0.2) is 0 Å². The summed E-state index contributed by atoms with van der Waals surface area (Å²) in [6.07, 6.45) is 12.1. The van der Waals surface area contributed by atoms with Crippen LogP contribution in [0.4, 0.5) is 0 Å². The van der Waals surface area contributed by atoms with Gasteiger partial charge in [0.15, 0.2) is 5.78 Å². The molecule has 1 rings (SSSR count). The minimum absolute atomic E-state index is 0.00285. The third-order valence-electron chi connectivity index (χ3n) is 4.14. The van der Waals surface area contributed by atoms with Crippen molar-refractivity contribution in [1.29, 1.82) is 0 Å². The van der Waals surface area contributed by atoms with Crippen LogP contribution in [0.5, 0.6) is 0 Å². The Morgan fingerprint density at radius 2 is 1.47 bits per heavy atom. The lowest BCUT2D eigenvalue weighted by Crippen LogP contribution is -2.27. The average molecular weight is 270 g/mol. The number of hydrogen-bond acceptors (Lipinski definition) is 3. The number of aliphatic hydroxyl groups is 1. The molecule has 1 aliphatic carbocycles. The molecular weight excluding hydrogens is 240 g/mol. The number of hydrogen-bond donors (Lipinski definition) is 1. The van der Waals surface area contributed by atoms with Crippen LogP contribution in [0.3, 0.4) is 0 Å². The second-order valence-electron chi connectivity index (χ2n) is 5.80. The standard InChI is InChI=1S/C16H30O3/c1-19-14-11-9-7-5-3-2-4-6-8-10-12-15(17)16(18)13-14/h14,16,18H,2-13H2,1H3. The zero-order chi connectivity index (χ0) is 13.9. The van der Waals surface area contributed by atoms with Gasteiger partial charge in [-0.15, -0.1) is 0 Å². The van der Waals surface area contributed by atoms with Crippen LogP contribution in [-0.2, 0) is 9.53 Å². The first kappa shape index (κ1) is 16.6. The van der Waals surface area contributed by atoms with Gasteiger partial charge in [-0.25, -0.2) is 0 Å². The van der Waals surface area contributed by atoms with Crippen molar-refractivity contribution in [3.05, 3.63) is 0 Å². The van der Waals surface area contributed by atoms with Gasteiger partial charge < -0.3 is 9.84 Å². The summed E-state index contributed by atoms with van der Waals surface area (Å²) < 4.78 is 5.38. The monoisotopic (exact) mass is 270 g/mol. The molecule has 3 nitrogen and oxygen atoms in total. The topological polar surface area (TPSA) is 46.5 Å². The summed E-state index contributed by atoms with van der Waals surface area (Å²) in [6, 6.07) is 0. The summed E-state index contributed by atoms with van der Waals surface area (Å²) in [6.45, 7) is 0. The number of rotatable bonds is 1. The molecule has 0 aromatic heterocycles. The van der Waals surface area contributed by atoms with E-state index in [2.05, 4.69) is 0 Å². The Morgan fingerprint density at radius 1 is 0.947 bits per heavy atom. The third kappa shape index (κ3) is 7.68. The van der Waals surface area contributed by atoms with Gasteiger partial charge >= 0.3 is 0 Å². The fraction of sp³-hybridized carbons (Fsp3) is 0.938. The Labute approximate surface area is 117 Å². The van der Waals surface area contributed by atoms with Crippen molar-refractivity contribution in [3.8, 4) is 0 Å². The molecule has 0 heterocycles. The van der Waals surface area contributed by atoms with Crippen LogP contribution >= 0.6 is 0 Å². The third-order valence-corrected chi connectivity index (χ3v) is 4.14. The summed E-state index contributed by atoms with van der Waals surface area (Å²) in [5.74, 6) is -0.00285. The highest BCUT2D eigenvalue weighted by Gasteiger charge is 2.20. The molecule has 1 saturated carbocycles. The predicted octanol–water partition coefficient (Wildman–Crippen LogP) is 3.63. The summed E-state index contributed by atoms with van der Waals surface area (Å²) in [4.78, 5) is 11.8. The first-order chi connectivity index (χ1) is 9.24. The van der Waals surface area contributed by atoms with Gasteiger partial charge in [0, 0.05) is 20.0 Å². The van der Waals surface area contributed by atoms with Crippen LogP contribution in [-0.4, -0.2) is 30.2 Å². The fourth-order valence-electron chi connectivity index (χ4n) is 2.79. The summed E-state index contributed by atoms with van der Waals surface area (Å²) in [7, 11) is 1.68. The largest absolute Gasteiger partial charge is 0.385 e. The van der Waals surface area contributed by atoms with E-state index in [1.54, 1.807) is 7.11 Å². The van der Waals surface area contributed by atoms with Gasteiger partial charge in [0.25, 0.3) is 0 Å². The number of carbonyl (C=O) groups excluding carboxylic acids is 1. The molecule has 0 aromatic rings. The highest BCUT2D eigenvalue weighted by Crippen LogP contribution is 2.17. The average Bonchev–Trinajstić information content (AvgIpc) is 2.42. The van der Waals surface area contributed by atoms with Crippen molar-refractivity contribution in [2.24, 2.45) is 0 Å². The number of methoxy groups -OCH3 is 1. The van der Waals surface area contributed by atoms with E-state index in [1.807, 2.05) is 0 Å². The molecule has 1 aliphatic rings. The molecule has 2 unspecified atom stereocenters. The molecule has 112 valence electrons. The molecule has 3 heteroatoms. The van der Waals surface area contributed by atoms with Crippen LogP contribution in [0, 0.1) is 0 Å². The second-order valence-corrected chi connectivity index (χ2v) is 5.80. The lowest BCUT2D eigenvalue weighted by atomic mass is 10.00. The molecule has 0 saturated heterocycles. The normalized spacial score (nSPS) is 29.5. The van der Waals surface area contributed by atoms with Gasteiger partial charge in [0.2, 0.25) is 0 Å². The minimum atomic E-state index is -0.824. The predicted molar refractivity (Wildman–Crippen MR) is 77.2 cm³/mol. The maximum absolute atomic E-state index is 11.8. The fourth-order valence-corrected chi connectivity index (χ4v) is 2.79. The van der Waals surface area contributed by atoms with E-state index in [0.29, 0.717) is 12.8 Å². The van der Waals surface area contributed by atoms with Crippen LogP contribution in [0.2, 0.25) is 0 Å². The summed E-state index contributed by atoms with van der Waals surface area (Å²) >= 11 is 0. The smallest absolute Gasteiger partial charge is 0.161 e. The van der Waals surface area contributed by atoms with Gasteiger partial charge in [-0.3, -0.25) is 4.79 Å². The van der Waals surface area contributed by atoms with E-state index >= 15 is 0 Å². The van der Waals surface area contributed by atoms with Crippen molar-refractivity contribution >= 4 is 5.78 Å². The van der Waals surface area contributed by atoms with E-state index in [-0.39, 0.29) is 11.9 Å². The summed E-state index contributed by atoms with van der Waals surface area (Å²) in [5.41, 5.74) is 0. The Balaban J connectivity index is 2.41. The van der Waals surface area contributed by atoms with E-state index < -0.39 is 6.10 Å². The quantitative estimate of drug-likeness (QED) is 0.791. The molecule has 0 bridgehead atoms. The summed E-state index contributed by atoms with van der Waals surface area (Å²) in [5, 5.41) is 9.92. The van der Waals surface area contributed by atoms with E-state index in [4.69, 9.17) is 4.74 Å². The van der Waals surface area contributed by atoms with Crippen molar-refractivity contribution in [1.82, 2.24) is 0 Å². The molecule has 19 heavy (non-hydrogen) atoms.